The molecule has 0 aliphatic carbocycles. The molecular formula is C14H28N2O. The maximum atomic E-state index is 12.1. The second kappa shape index (κ2) is 7.57. The molecule has 2 amide bonds. The first-order valence-electron chi connectivity index (χ1n) is 7.19. The number of urea groups is 1. The molecule has 0 radical (unpaired) electrons. The number of hydrogen-bond donors (Lipinski definition) is 0. The van der Waals surface area contributed by atoms with Gasteiger partial charge in [-0.15, -0.1) is 0 Å². The van der Waals surface area contributed by atoms with Gasteiger partial charge in [0.05, 0.1) is 0 Å². The Bertz CT molecular complexity index is 222. The van der Waals surface area contributed by atoms with Crippen LogP contribution in [0.3, 0.4) is 0 Å². The van der Waals surface area contributed by atoms with Gasteiger partial charge in [-0.25, -0.2) is 4.79 Å². The summed E-state index contributed by atoms with van der Waals surface area (Å²) in [5, 5.41) is 0. The smallest absolute Gasteiger partial charge is 0.319 e. The van der Waals surface area contributed by atoms with Crippen molar-refractivity contribution in [3.63, 3.8) is 0 Å². The van der Waals surface area contributed by atoms with E-state index in [0.717, 1.165) is 38.4 Å². The lowest BCUT2D eigenvalue weighted by Gasteiger charge is -2.34. The fraction of sp³-hybridized carbons (Fsp3) is 0.929. The van der Waals surface area contributed by atoms with Gasteiger partial charge in [-0.05, 0) is 25.2 Å². The quantitative estimate of drug-likeness (QED) is 0.723. The van der Waals surface area contributed by atoms with Crippen LogP contribution >= 0.6 is 0 Å². The van der Waals surface area contributed by atoms with Crippen LogP contribution in [-0.4, -0.2) is 42.5 Å². The van der Waals surface area contributed by atoms with Gasteiger partial charge in [-0.2, -0.15) is 0 Å². The van der Waals surface area contributed by atoms with Crippen LogP contribution in [0.2, 0.25) is 0 Å². The summed E-state index contributed by atoms with van der Waals surface area (Å²) < 4.78 is 0. The Labute approximate surface area is 106 Å². The minimum Gasteiger partial charge on any atom is -0.328 e. The van der Waals surface area contributed by atoms with E-state index in [1.807, 2.05) is 16.8 Å². The lowest BCUT2D eigenvalue weighted by atomic mass is 9.93. The van der Waals surface area contributed by atoms with E-state index in [4.69, 9.17) is 0 Å². The average Bonchev–Trinajstić information content (AvgIpc) is 2.36. The van der Waals surface area contributed by atoms with Crippen LogP contribution in [0.15, 0.2) is 0 Å². The Balaban J connectivity index is 2.30. The molecule has 0 atom stereocenters. The van der Waals surface area contributed by atoms with Gasteiger partial charge >= 0.3 is 6.03 Å². The van der Waals surface area contributed by atoms with Crippen molar-refractivity contribution in [2.24, 2.45) is 5.92 Å². The highest BCUT2D eigenvalue weighted by Crippen LogP contribution is 2.22. The SMILES string of the molecule is CCCCN(C)C(=O)N1CCC(CCC)CC1. The van der Waals surface area contributed by atoms with Crippen molar-refractivity contribution in [1.29, 1.82) is 0 Å². The van der Waals surface area contributed by atoms with Crippen molar-refractivity contribution in [1.82, 2.24) is 9.80 Å². The molecule has 17 heavy (non-hydrogen) atoms. The van der Waals surface area contributed by atoms with E-state index in [1.165, 1.54) is 25.7 Å². The third-order valence-electron chi connectivity index (χ3n) is 3.76. The molecule has 1 aliphatic heterocycles. The molecule has 1 fully saturated rings. The second-order valence-corrected chi connectivity index (χ2v) is 5.28. The predicted molar refractivity (Wildman–Crippen MR) is 72.1 cm³/mol. The number of carbonyl (C=O) groups is 1. The Hall–Kier alpha value is -0.730. The van der Waals surface area contributed by atoms with E-state index < -0.39 is 0 Å². The number of hydrogen-bond acceptors (Lipinski definition) is 1. The Morgan fingerprint density at radius 1 is 1.24 bits per heavy atom. The molecular weight excluding hydrogens is 212 g/mol. The van der Waals surface area contributed by atoms with E-state index in [9.17, 15) is 4.79 Å². The molecule has 100 valence electrons. The zero-order chi connectivity index (χ0) is 12.7. The Morgan fingerprint density at radius 3 is 2.41 bits per heavy atom. The van der Waals surface area contributed by atoms with Crippen molar-refractivity contribution in [2.75, 3.05) is 26.7 Å². The number of amides is 2. The molecule has 3 heteroatoms. The fourth-order valence-corrected chi connectivity index (χ4v) is 2.55. The third kappa shape index (κ3) is 4.57. The summed E-state index contributed by atoms with van der Waals surface area (Å²) in [5.41, 5.74) is 0. The lowest BCUT2D eigenvalue weighted by molar-refractivity contribution is 0.138. The van der Waals surface area contributed by atoms with Gasteiger partial charge in [0.2, 0.25) is 0 Å². The molecule has 0 aromatic heterocycles. The van der Waals surface area contributed by atoms with E-state index in [1.54, 1.807) is 0 Å². The van der Waals surface area contributed by atoms with Gasteiger partial charge in [-0.1, -0.05) is 33.1 Å². The summed E-state index contributed by atoms with van der Waals surface area (Å²) in [4.78, 5) is 16.0. The summed E-state index contributed by atoms with van der Waals surface area (Å²) in [7, 11) is 1.93. The first-order chi connectivity index (χ1) is 8.19. The summed E-state index contributed by atoms with van der Waals surface area (Å²) in [6, 6.07) is 0.230. The number of piperidine rings is 1. The van der Waals surface area contributed by atoms with Crippen molar-refractivity contribution in [2.45, 2.75) is 52.4 Å². The summed E-state index contributed by atoms with van der Waals surface area (Å²) >= 11 is 0. The molecule has 0 unspecified atom stereocenters. The van der Waals surface area contributed by atoms with Gasteiger partial charge in [0.1, 0.15) is 0 Å². The zero-order valence-corrected chi connectivity index (χ0v) is 11.7. The van der Waals surface area contributed by atoms with E-state index in [-0.39, 0.29) is 6.03 Å². The van der Waals surface area contributed by atoms with Gasteiger partial charge in [0.15, 0.2) is 0 Å². The number of likely N-dealkylation sites (tertiary alicyclic amines) is 1. The first kappa shape index (κ1) is 14.3. The summed E-state index contributed by atoms with van der Waals surface area (Å²) in [6.45, 7) is 7.22. The molecule has 0 spiro atoms. The number of unbranched alkanes of at least 4 members (excludes halogenated alkanes) is 1. The highest BCUT2D eigenvalue weighted by Gasteiger charge is 2.23. The molecule has 0 aromatic carbocycles. The van der Waals surface area contributed by atoms with Crippen LogP contribution in [0.4, 0.5) is 4.79 Å². The highest BCUT2D eigenvalue weighted by atomic mass is 16.2. The van der Waals surface area contributed by atoms with Crippen LogP contribution in [0, 0.1) is 5.92 Å². The average molecular weight is 240 g/mol. The standard InChI is InChI=1S/C14H28N2O/c1-4-6-10-15(3)14(17)16-11-8-13(7-5-2)9-12-16/h13H,4-12H2,1-3H3. The van der Waals surface area contributed by atoms with Crippen LogP contribution in [0.25, 0.3) is 0 Å². The fourth-order valence-electron chi connectivity index (χ4n) is 2.55. The number of nitrogens with zero attached hydrogens (tertiary/aromatic N) is 2. The lowest BCUT2D eigenvalue weighted by Crippen LogP contribution is -2.45. The van der Waals surface area contributed by atoms with Crippen LogP contribution in [-0.2, 0) is 0 Å². The maximum Gasteiger partial charge on any atom is 0.319 e. The molecule has 1 aliphatic rings. The molecule has 3 nitrogen and oxygen atoms in total. The largest absolute Gasteiger partial charge is 0.328 e. The minimum absolute atomic E-state index is 0.230. The van der Waals surface area contributed by atoms with Crippen LogP contribution < -0.4 is 0 Å². The van der Waals surface area contributed by atoms with E-state index in [0.29, 0.717) is 0 Å². The van der Waals surface area contributed by atoms with Gasteiger partial charge in [-0.3, -0.25) is 0 Å². The molecule has 0 saturated carbocycles. The van der Waals surface area contributed by atoms with Crippen molar-refractivity contribution < 1.29 is 4.79 Å². The van der Waals surface area contributed by atoms with E-state index >= 15 is 0 Å². The van der Waals surface area contributed by atoms with Crippen molar-refractivity contribution in [3.05, 3.63) is 0 Å². The predicted octanol–water partition coefficient (Wildman–Crippen LogP) is 3.35. The zero-order valence-electron chi connectivity index (χ0n) is 11.7. The molecule has 1 rings (SSSR count). The highest BCUT2D eigenvalue weighted by molar-refractivity contribution is 5.74. The van der Waals surface area contributed by atoms with Crippen LogP contribution in [0.5, 0.6) is 0 Å². The molecule has 0 N–H and O–H groups in total. The molecule has 1 saturated heterocycles. The summed E-state index contributed by atoms with van der Waals surface area (Å²) in [5.74, 6) is 0.852. The maximum absolute atomic E-state index is 12.1. The monoisotopic (exact) mass is 240 g/mol. The molecule has 0 bridgehead atoms. The first-order valence-corrected chi connectivity index (χ1v) is 7.19. The Kier molecular flexibility index (Phi) is 6.38. The van der Waals surface area contributed by atoms with Crippen molar-refractivity contribution in [3.8, 4) is 0 Å². The van der Waals surface area contributed by atoms with Gasteiger partial charge in [0.25, 0.3) is 0 Å². The number of rotatable bonds is 5. The van der Waals surface area contributed by atoms with E-state index in [2.05, 4.69) is 13.8 Å². The van der Waals surface area contributed by atoms with Gasteiger partial charge < -0.3 is 9.80 Å². The third-order valence-corrected chi connectivity index (χ3v) is 3.76. The normalized spacial score (nSPS) is 17.2. The molecule has 1 heterocycles. The second-order valence-electron chi connectivity index (χ2n) is 5.28. The minimum atomic E-state index is 0.230. The van der Waals surface area contributed by atoms with Crippen molar-refractivity contribution >= 4 is 6.03 Å². The number of carbonyl (C=O) groups excluding carboxylic acids is 1. The topological polar surface area (TPSA) is 23.6 Å². The van der Waals surface area contributed by atoms with Crippen LogP contribution in [0.1, 0.15) is 52.4 Å². The summed E-state index contributed by atoms with van der Waals surface area (Å²) in [6.07, 6.45) is 7.25. The van der Waals surface area contributed by atoms with Gasteiger partial charge in [0, 0.05) is 26.7 Å². The molecule has 0 aromatic rings. The Morgan fingerprint density at radius 2 is 1.88 bits per heavy atom.